The third-order valence-electron chi connectivity index (χ3n) is 2.21. The number of hydrogen-bond acceptors (Lipinski definition) is 3. The van der Waals surface area contributed by atoms with Gasteiger partial charge in [0.1, 0.15) is 0 Å². The summed E-state index contributed by atoms with van der Waals surface area (Å²) in [7, 11) is 0. The predicted molar refractivity (Wildman–Crippen MR) is 52.1 cm³/mol. The summed E-state index contributed by atoms with van der Waals surface area (Å²) in [6, 6.07) is 0.260. The largest absolute Gasteiger partial charge is 0.314 e. The van der Waals surface area contributed by atoms with Gasteiger partial charge in [0.05, 0.1) is 0 Å². The van der Waals surface area contributed by atoms with E-state index < -0.39 is 0 Å². The molecule has 1 N–H and O–H groups in total. The SMILES string of the molecule is CC(=O)N(C(C)C)N1CCNCC1. The summed E-state index contributed by atoms with van der Waals surface area (Å²) in [5.74, 6) is 0.136. The molecule has 76 valence electrons. The minimum atomic E-state index is 0.136. The molecule has 1 aliphatic heterocycles. The standard InChI is InChI=1S/C9H19N3O/c1-8(2)12(9(3)13)11-6-4-10-5-7-11/h8,10H,4-7H2,1-3H3. The molecule has 1 saturated heterocycles. The topological polar surface area (TPSA) is 35.6 Å². The highest BCUT2D eigenvalue weighted by atomic mass is 16.2. The van der Waals surface area contributed by atoms with Crippen LogP contribution in [0.2, 0.25) is 0 Å². The molecule has 0 aromatic rings. The summed E-state index contributed by atoms with van der Waals surface area (Å²) < 4.78 is 0. The quantitative estimate of drug-likeness (QED) is 0.661. The van der Waals surface area contributed by atoms with Crippen LogP contribution >= 0.6 is 0 Å². The van der Waals surface area contributed by atoms with E-state index in [1.54, 1.807) is 6.92 Å². The van der Waals surface area contributed by atoms with E-state index in [4.69, 9.17) is 0 Å². The summed E-state index contributed by atoms with van der Waals surface area (Å²) in [5, 5.41) is 7.24. The summed E-state index contributed by atoms with van der Waals surface area (Å²) in [4.78, 5) is 11.3. The molecule has 1 amide bonds. The monoisotopic (exact) mass is 185 g/mol. The van der Waals surface area contributed by atoms with Crippen LogP contribution in [0.1, 0.15) is 20.8 Å². The van der Waals surface area contributed by atoms with Crippen LogP contribution in [0.5, 0.6) is 0 Å². The summed E-state index contributed by atoms with van der Waals surface area (Å²) in [5.41, 5.74) is 0. The molecule has 4 heteroatoms. The van der Waals surface area contributed by atoms with Gasteiger partial charge in [0.15, 0.2) is 0 Å². The third kappa shape index (κ3) is 2.67. The first-order valence-corrected chi connectivity index (χ1v) is 4.88. The number of piperazine rings is 1. The van der Waals surface area contributed by atoms with Gasteiger partial charge in [-0.1, -0.05) is 0 Å². The van der Waals surface area contributed by atoms with E-state index in [-0.39, 0.29) is 11.9 Å². The Labute approximate surface area is 79.9 Å². The van der Waals surface area contributed by atoms with Gasteiger partial charge in [-0.3, -0.25) is 9.80 Å². The second-order valence-electron chi connectivity index (χ2n) is 3.66. The van der Waals surface area contributed by atoms with Crippen LogP contribution in [-0.2, 0) is 4.79 Å². The van der Waals surface area contributed by atoms with Crippen LogP contribution in [0.25, 0.3) is 0 Å². The number of hydrogen-bond donors (Lipinski definition) is 1. The van der Waals surface area contributed by atoms with Crippen LogP contribution in [0, 0.1) is 0 Å². The second-order valence-corrected chi connectivity index (χ2v) is 3.66. The second kappa shape index (κ2) is 4.58. The number of carbonyl (C=O) groups excluding carboxylic acids is 1. The average molecular weight is 185 g/mol. The molecule has 0 atom stereocenters. The van der Waals surface area contributed by atoms with Gasteiger partial charge in [0, 0.05) is 39.1 Å². The molecule has 1 fully saturated rings. The van der Waals surface area contributed by atoms with Crippen molar-refractivity contribution in [2.24, 2.45) is 0 Å². The average Bonchev–Trinajstić information content (AvgIpc) is 2.04. The van der Waals surface area contributed by atoms with Crippen molar-refractivity contribution < 1.29 is 4.79 Å². The lowest BCUT2D eigenvalue weighted by atomic mass is 10.3. The van der Waals surface area contributed by atoms with Crippen LogP contribution in [-0.4, -0.2) is 48.1 Å². The van der Waals surface area contributed by atoms with E-state index in [2.05, 4.69) is 10.3 Å². The Morgan fingerprint density at radius 1 is 1.38 bits per heavy atom. The fourth-order valence-corrected chi connectivity index (χ4v) is 1.76. The van der Waals surface area contributed by atoms with Crippen molar-refractivity contribution in [3.8, 4) is 0 Å². The van der Waals surface area contributed by atoms with Crippen molar-refractivity contribution in [2.45, 2.75) is 26.8 Å². The lowest BCUT2D eigenvalue weighted by Crippen LogP contribution is -2.56. The molecule has 4 nitrogen and oxygen atoms in total. The van der Waals surface area contributed by atoms with E-state index in [1.165, 1.54) is 0 Å². The van der Waals surface area contributed by atoms with Gasteiger partial charge >= 0.3 is 0 Å². The molecular formula is C9H19N3O. The molecule has 1 aliphatic rings. The minimum absolute atomic E-state index is 0.136. The first kappa shape index (κ1) is 10.5. The highest BCUT2D eigenvalue weighted by Gasteiger charge is 2.22. The Hall–Kier alpha value is -0.610. The molecular weight excluding hydrogens is 166 g/mol. The molecule has 1 heterocycles. The number of nitrogens with one attached hydrogen (secondary N) is 1. The maximum Gasteiger partial charge on any atom is 0.233 e. The van der Waals surface area contributed by atoms with Crippen LogP contribution < -0.4 is 5.32 Å². The van der Waals surface area contributed by atoms with Crippen LogP contribution in [0.4, 0.5) is 0 Å². The first-order valence-electron chi connectivity index (χ1n) is 4.88. The van der Waals surface area contributed by atoms with E-state index in [0.29, 0.717) is 0 Å². The smallest absolute Gasteiger partial charge is 0.233 e. The zero-order valence-electron chi connectivity index (χ0n) is 8.71. The number of rotatable bonds is 2. The van der Waals surface area contributed by atoms with Gasteiger partial charge in [0.2, 0.25) is 5.91 Å². The van der Waals surface area contributed by atoms with Gasteiger partial charge in [-0.05, 0) is 13.8 Å². The molecule has 0 aromatic heterocycles. The predicted octanol–water partition coefficient (Wildman–Crippen LogP) is 0.0635. The van der Waals surface area contributed by atoms with Crippen LogP contribution in [0.15, 0.2) is 0 Å². The maximum atomic E-state index is 11.3. The fraction of sp³-hybridized carbons (Fsp3) is 0.889. The molecule has 13 heavy (non-hydrogen) atoms. The van der Waals surface area contributed by atoms with E-state index in [1.807, 2.05) is 18.9 Å². The molecule has 0 saturated carbocycles. The lowest BCUT2D eigenvalue weighted by molar-refractivity contribution is -0.152. The van der Waals surface area contributed by atoms with Gasteiger partial charge in [-0.2, -0.15) is 0 Å². The van der Waals surface area contributed by atoms with Crippen molar-refractivity contribution in [1.29, 1.82) is 0 Å². The maximum absolute atomic E-state index is 11.3. The lowest BCUT2D eigenvalue weighted by Gasteiger charge is -2.39. The van der Waals surface area contributed by atoms with Crippen molar-refractivity contribution in [2.75, 3.05) is 26.2 Å². The molecule has 0 aliphatic carbocycles. The summed E-state index contributed by atoms with van der Waals surface area (Å²) in [6.07, 6.45) is 0. The number of nitrogens with zero attached hydrogens (tertiary/aromatic N) is 2. The normalized spacial score (nSPS) is 19.1. The van der Waals surface area contributed by atoms with Crippen molar-refractivity contribution >= 4 is 5.91 Å². The number of hydrazine groups is 1. The number of amides is 1. The van der Waals surface area contributed by atoms with E-state index >= 15 is 0 Å². The Kier molecular flexibility index (Phi) is 3.69. The molecule has 0 radical (unpaired) electrons. The molecule has 0 spiro atoms. The Morgan fingerprint density at radius 2 is 1.92 bits per heavy atom. The minimum Gasteiger partial charge on any atom is -0.314 e. The number of carbonyl (C=O) groups is 1. The zero-order chi connectivity index (χ0) is 9.84. The highest BCUT2D eigenvalue weighted by molar-refractivity contribution is 5.72. The molecule has 0 aromatic carbocycles. The highest BCUT2D eigenvalue weighted by Crippen LogP contribution is 2.06. The van der Waals surface area contributed by atoms with Crippen molar-refractivity contribution in [3.05, 3.63) is 0 Å². The molecule has 1 rings (SSSR count). The van der Waals surface area contributed by atoms with E-state index in [0.717, 1.165) is 26.2 Å². The first-order chi connectivity index (χ1) is 6.13. The summed E-state index contributed by atoms with van der Waals surface area (Å²) >= 11 is 0. The zero-order valence-corrected chi connectivity index (χ0v) is 8.71. The van der Waals surface area contributed by atoms with Gasteiger partial charge in [-0.15, -0.1) is 0 Å². The van der Waals surface area contributed by atoms with Gasteiger partial charge in [0.25, 0.3) is 0 Å². The van der Waals surface area contributed by atoms with Gasteiger partial charge in [-0.25, -0.2) is 5.01 Å². The third-order valence-corrected chi connectivity index (χ3v) is 2.21. The Balaban J connectivity index is 2.57. The van der Waals surface area contributed by atoms with E-state index in [9.17, 15) is 4.79 Å². The Bertz CT molecular complexity index is 176. The van der Waals surface area contributed by atoms with Crippen LogP contribution in [0.3, 0.4) is 0 Å². The Morgan fingerprint density at radius 3 is 2.31 bits per heavy atom. The fourth-order valence-electron chi connectivity index (χ4n) is 1.76. The van der Waals surface area contributed by atoms with Gasteiger partial charge < -0.3 is 5.32 Å². The molecule has 0 unspecified atom stereocenters. The van der Waals surface area contributed by atoms with Crippen molar-refractivity contribution in [3.63, 3.8) is 0 Å². The summed E-state index contributed by atoms with van der Waals surface area (Å²) in [6.45, 7) is 9.51. The van der Waals surface area contributed by atoms with Crippen molar-refractivity contribution in [1.82, 2.24) is 15.3 Å². The molecule has 0 bridgehead atoms.